The van der Waals surface area contributed by atoms with Gasteiger partial charge in [0.1, 0.15) is 5.75 Å². The molecule has 0 unspecified atom stereocenters. The molecule has 2 amide bonds. The second-order valence-corrected chi connectivity index (χ2v) is 5.12. The van der Waals surface area contributed by atoms with Crippen LogP contribution in [0.3, 0.4) is 0 Å². The first-order valence-corrected chi connectivity index (χ1v) is 7.40. The lowest BCUT2D eigenvalue weighted by Crippen LogP contribution is -2.29. The fourth-order valence-corrected chi connectivity index (χ4v) is 2.54. The Morgan fingerprint density at radius 1 is 1.00 bits per heavy atom. The summed E-state index contributed by atoms with van der Waals surface area (Å²) in [6.07, 6.45) is 0. The molecular weight excluding hydrogens is 310 g/mol. The van der Waals surface area contributed by atoms with E-state index in [0.29, 0.717) is 28.1 Å². The number of esters is 1. The van der Waals surface area contributed by atoms with E-state index in [2.05, 4.69) is 0 Å². The van der Waals surface area contributed by atoms with Crippen molar-refractivity contribution in [1.82, 2.24) is 0 Å². The van der Waals surface area contributed by atoms with E-state index >= 15 is 0 Å². The molecule has 0 fully saturated rings. The summed E-state index contributed by atoms with van der Waals surface area (Å²) in [5.74, 6) is -0.759. The van der Waals surface area contributed by atoms with Gasteiger partial charge in [0.15, 0.2) is 0 Å². The largest absolute Gasteiger partial charge is 0.497 e. The number of benzene rings is 2. The molecule has 0 aliphatic carbocycles. The zero-order valence-electron chi connectivity index (χ0n) is 13.2. The molecule has 0 atom stereocenters. The number of hydrogen-bond donors (Lipinski definition) is 0. The fourth-order valence-electron chi connectivity index (χ4n) is 2.54. The Labute approximate surface area is 138 Å². The molecule has 0 bridgehead atoms. The Hall–Kier alpha value is -3.15. The SMILES string of the molecule is CCOC(=O)c1ccc(N2C(=O)c3ccc(OC)cc3C2=O)cc1. The summed E-state index contributed by atoms with van der Waals surface area (Å²) in [6, 6.07) is 10.9. The molecule has 0 saturated heterocycles. The van der Waals surface area contributed by atoms with Crippen molar-refractivity contribution in [2.45, 2.75) is 6.92 Å². The van der Waals surface area contributed by atoms with E-state index in [1.165, 1.54) is 19.2 Å². The maximum absolute atomic E-state index is 12.6. The summed E-state index contributed by atoms with van der Waals surface area (Å²) in [7, 11) is 1.49. The Kier molecular flexibility index (Phi) is 4.04. The van der Waals surface area contributed by atoms with Crippen molar-refractivity contribution in [2.75, 3.05) is 18.6 Å². The molecule has 1 heterocycles. The second kappa shape index (κ2) is 6.16. The second-order valence-electron chi connectivity index (χ2n) is 5.12. The molecule has 3 rings (SSSR count). The Morgan fingerprint density at radius 3 is 2.29 bits per heavy atom. The number of hydrogen-bond acceptors (Lipinski definition) is 5. The molecule has 2 aromatic carbocycles. The molecular formula is C18H15NO5. The van der Waals surface area contributed by atoms with Crippen LogP contribution < -0.4 is 9.64 Å². The van der Waals surface area contributed by atoms with Crippen molar-refractivity contribution in [3.8, 4) is 5.75 Å². The normalized spacial score (nSPS) is 13.0. The molecule has 6 heteroatoms. The van der Waals surface area contributed by atoms with E-state index < -0.39 is 17.8 Å². The third-order valence-corrected chi connectivity index (χ3v) is 3.73. The maximum atomic E-state index is 12.6. The van der Waals surface area contributed by atoms with Gasteiger partial charge in [-0.25, -0.2) is 9.69 Å². The third kappa shape index (κ3) is 2.52. The fraction of sp³-hybridized carbons (Fsp3) is 0.167. The molecule has 1 aliphatic heterocycles. The molecule has 24 heavy (non-hydrogen) atoms. The molecule has 6 nitrogen and oxygen atoms in total. The van der Waals surface area contributed by atoms with E-state index in [-0.39, 0.29) is 6.61 Å². The van der Waals surface area contributed by atoms with Crippen LogP contribution in [-0.4, -0.2) is 31.5 Å². The Bertz CT molecular complexity index is 826. The number of fused-ring (bicyclic) bond motifs is 1. The first kappa shape index (κ1) is 15.7. The molecule has 0 spiro atoms. The average Bonchev–Trinajstić information content (AvgIpc) is 2.85. The van der Waals surface area contributed by atoms with Crippen molar-refractivity contribution < 1.29 is 23.9 Å². The van der Waals surface area contributed by atoms with Crippen molar-refractivity contribution in [3.05, 3.63) is 59.2 Å². The van der Waals surface area contributed by atoms with Gasteiger partial charge in [-0.15, -0.1) is 0 Å². The highest BCUT2D eigenvalue weighted by Crippen LogP contribution is 2.30. The summed E-state index contributed by atoms with van der Waals surface area (Å²) in [6.45, 7) is 2.00. The predicted molar refractivity (Wildman–Crippen MR) is 86.5 cm³/mol. The average molecular weight is 325 g/mol. The highest BCUT2D eigenvalue weighted by molar-refractivity contribution is 6.34. The number of anilines is 1. The monoisotopic (exact) mass is 325 g/mol. The summed E-state index contributed by atoms with van der Waals surface area (Å²) in [4.78, 5) is 37.8. The molecule has 2 aromatic rings. The van der Waals surface area contributed by atoms with Gasteiger partial charge in [0.05, 0.1) is 36.1 Å². The number of nitrogens with zero attached hydrogens (tertiary/aromatic N) is 1. The topological polar surface area (TPSA) is 72.9 Å². The summed E-state index contributed by atoms with van der Waals surface area (Å²) in [5.41, 5.74) is 1.39. The van der Waals surface area contributed by atoms with Crippen LogP contribution in [0, 0.1) is 0 Å². The molecule has 122 valence electrons. The minimum atomic E-state index is -0.448. The van der Waals surface area contributed by atoms with Crippen LogP contribution in [-0.2, 0) is 4.74 Å². The van der Waals surface area contributed by atoms with E-state index in [4.69, 9.17) is 9.47 Å². The number of amides is 2. The van der Waals surface area contributed by atoms with Gasteiger partial charge in [-0.3, -0.25) is 9.59 Å². The molecule has 0 saturated carbocycles. The minimum Gasteiger partial charge on any atom is -0.497 e. The van der Waals surface area contributed by atoms with Crippen molar-refractivity contribution in [2.24, 2.45) is 0 Å². The van der Waals surface area contributed by atoms with Crippen LogP contribution in [0.2, 0.25) is 0 Å². The molecule has 1 aliphatic rings. The van der Waals surface area contributed by atoms with Crippen LogP contribution in [0.15, 0.2) is 42.5 Å². The molecule has 0 aromatic heterocycles. The van der Waals surface area contributed by atoms with Gasteiger partial charge in [-0.1, -0.05) is 0 Å². The molecule has 0 N–H and O–H groups in total. The van der Waals surface area contributed by atoms with Gasteiger partial charge in [0.25, 0.3) is 11.8 Å². The first-order chi connectivity index (χ1) is 11.6. The Balaban J connectivity index is 1.92. The minimum absolute atomic E-state index is 0.279. The number of ether oxygens (including phenoxy) is 2. The number of carbonyl (C=O) groups is 3. The van der Waals surface area contributed by atoms with Gasteiger partial charge in [0.2, 0.25) is 0 Å². The van der Waals surface area contributed by atoms with Gasteiger partial charge >= 0.3 is 5.97 Å². The highest BCUT2D eigenvalue weighted by atomic mass is 16.5. The van der Waals surface area contributed by atoms with Crippen molar-refractivity contribution >= 4 is 23.5 Å². The van der Waals surface area contributed by atoms with Crippen LogP contribution in [0.4, 0.5) is 5.69 Å². The van der Waals surface area contributed by atoms with E-state index in [9.17, 15) is 14.4 Å². The van der Waals surface area contributed by atoms with Crippen LogP contribution in [0.1, 0.15) is 38.0 Å². The van der Waals surface area contributed by atoms with Gasteiger partial charge in [-0.2, -0.15) is 0 Å². The zero-order valence-corrected chi connectivity index (χ0v) is 13.2. The smallest absolute Gasteiger partial charge is 0.338 e. The van der Waals surface area contributed by atoms with Gasteiger partial charge < -0.3 is 9.47 Å². The predicted octanol–water partition coefficient (Wildman–Crippen LogP) is 2.67. The van der Waals surface area contributed by atoms with Crippen molar-refractivity contribution in [3.63, 3.8) is 0 Å². The van der Waals surface area contributed by atoms with Crippen LogP contribution in [0.5, 0.6) is 5.75 Å². The van der Waals surface area contributed by atoms with Crippen LogP contribution >= 0.6 is 0 Å². The lowest BCUT2D eigenvalue weighted by Gasteiger charge is -2.14. The summed E-state index contributed by atoms with van der Waals surface area (Å²) >= 11 is 0. The third-order valence-electron chi connectivity index (χ3n) is 3.73. The zero-order chi connectivity index (χ0) is 17.3. The maximum Gasteiger partial charge on any atom is 0.338 e. The Morgan fingerprint density at radius 2 is 1.67 bits per heavy atom. The van der Waals surface area contributed by atoms with E-state index in [0.717, 1.165) is 4.90 Å². The van der Waals surface area contributed by atoms with E-state index in [1.54, 1.807) is 37.3 Å². The number of carbonyl (C=O) groups excluding carboxylic acids is 3. The van der Waals surface area contributed by atoms with Crippen molar-refractivity contribution in [1.29, 1.82) is 0 Å². The van der Waals surface area contributed by atoms with Gasteiger partial charge in [0, 0.05) is 0 Å². The number of imide groups is 1. The molecule has 0 radical (unpaired) electrons. The summed E-state index contributed by atoms with van der Waals surface area (Å²) < 4.78 is 10.0. The van der Waals surface area contributed by atoms with E-state index in [1.807, 2.05) is 0 Å². The first-order valence-electron chi connectivity index (χ1n) is 7.40. The van der Waals surface area contributed by atoms with Gasteiger partial charge in [-0.05, 0) is 49.4 Å². The number of rotatable bonds is 4. The van der Waals surface area contributed by atoms with Crippen LogP contribution in [0.25, 0.3) is 0 Å². The lowest BCUT2D eigenvalue weighted by atomic mass is 10.1. The standard InChI is InChI=1S/C18H15NO5/c1-3-24-18(22)11-4-6-12(7-5-11)19-16(20)14-9-8-13(23-2)10-15(14)17(19)21/h4-10H,3H2,1-2H3. The number of methoxy groups -OCH3 is 1. The highest BCUT2D eigenvalue weighted by Gasteiger charge is 2.36. The summed E-state index contributed by atoms with van der Waals surface area (Å²) in [5, 5.41) is 0. The lowest BCUT2D eigenvalue weighted by molar-refractivity contribution is 0.0526. The quantitative estimate of drug-likeness (QED) is 0.638.